The second-order valence-corrected chi connectivity index (χ2v) is 7.80. The van der Waals surface area contributed by atoms with E-state index in [0.717, 1.165) is 11.4 Å². The molecule has 0 spiro atoms. The van der Waals surface area contributed by atoms with Crippen LogP contribution in [0.4, 0.5) is 11.4 Å². The van der Waals surface area contributed by atoms with Crippen LogP contribution in [0.1, 0.15) is 0 Å². The molecule has 3 rings (SSSR count). The summed E-state index contributed by atoms with van der Waals surface area (Å²) in [6.07, 6.45) is 0. The van der Waals surface area contributed by atoms with Gasteiger partial charge < -0.3 is 0 Å². The van der Waals surface area contributed by atoms with Crippen LogP contribution in [-0.2, 0) is 0 Å². The number of anilines is 2. The Balaban J connectivity index is 2.12. The molecule has 0 radical (unpaired) electrons. The molecule has 0 aliphatic carbocycles. The van der Waals surface area contributed by atoms with Crippen molar-refractivity contribution in [3.63, 3.8) is 0 Å². The summed E-state index contributed by atoms with van der Waals surface area (Å²) in [5, 5.41) is 1.04. The van der Waals surface area contributed by atoms with Crippen LogP contribution in [0.15, 0.2) is 65.6 Å². The number of rotatable bonds is 4. The van der Waals surface area contributed by atoms with Gasteiger partial charge in [0.2, 0.25) is 0 Å². The zero-order chi connectivity index (χ0) is 18.0. The minimum Gasteiger partial charge on any atom is -0.280 e. The van der Waals surface area contributed by atoms with E-state index in [9.17, 15) is 0 Å². The third-order valence-electron chi connectivity index (χ3n) is 3.33. The van der Waals surface area contributed by atoms with Gasteiger partial charge in [0.1, 0.15) is 0 Å². The van der Waals surface area contributed by atoms with Crippen molar-refractivity contribution >= 4 is 81.3 Å². The molecule has 128 valence electrons. The van der Waals surface area contributed by atoms with Gasteiger partial charge in [-0.2, -0.15) is 0 Å². The van der Waals surface area contributed by atoms with Crippen LogP contribution in [-0.4, -0.2) is 0 Å². The summed E-state index contributed by atoms with van der Waals surface area (Å²) in [5.74, 6) is 0. The standard InChI is InChI=1S/C18H10Cl5NS/c19-13-14(20)16(22)18(17(23)15(13)21)25-24(11-7-3-1-4-8-11)12-9-5-2-6-10-12/h1-10H. The minimum atomic E-state index is 0.147. The lowest BCUT2D eigenvalue weighted by molar-refractivity contribution is 1.39. The van der Waals surface area contributed by atoms with E-state index in [4.69, 9.17) is 58.0 Å². The third kappa shape index (κ3) is 4.00. The zero-order valence-corrected chi connectivity index (χ0v) is 17.1. The summed E-state index contributed by atoms with van der Waals surface area (Å²) >= 11 is 32.6. The van der Waals surface area contributed by atoms with Crippen LogP contribution in [0, 0.1) is 0 Å². The fourth-order valence-electron chi connectivity index (χ4n) is 2.14. The first-order valence-electron chi connectivity index (χ1n) is 7.10. The van der Waals surface area contributed by atoms with E-state index < -0.39 is 0 Å². The fraction of sp³-hybridized carbons (Fsp3) is 0. The average Bonchev–Trinajstić information content (AvgIpc) is 2.66. The van der Waals surface area contributed by atoms with Crippen molar-refractivity contribution in [2.24, 2.45) is 0 Å². The van der Waals surface area contributed by atoms with E-state index in [0.29, 0.717) is 4.90 Å². The van der Waals surface area contributed by atoms with Crippen molar-refractivity contribution in [1.82, 2.24) is 0 Å². The molecule has 7 heteroatoms. The van der Waals surface area contributed by atoms with E-state index in [1.165, 1.54) is 11.9 Å². The Labute approximate surface area is 175 Å². The first-order valence-corrected chi connectivity index (χ1v) is 9.76. The Hall–Kier alpha value is -0.740. The van der Waals surface area contributed by atoms with Crippen LogP contribution in [0.25, 0.3) is 0 Å². The molecule has 0 atom stereocenters. The van der Waals surface area contributed by atoms with Gasteiger partial charge in [-0.1, -0.05) is 94.4 Å². The van der Waals surface area contributed by atoms with Crippen LogP contribution < -0.4 is 4.31 Å². The molecule has 0 fully saturated rings. The molecule has 0 unspecified atom stereocenters. The molecule has 0 amide bonds. The van der Waals surface area contributed by atoms with Gasteiger partial charge in [-0.15, -0.1) is 0 Å². The number of para-hydroxylation sites is 2. The normalized spacial score (nSPS) is 10.8. The minimum absolute atomic E-state index is 0.147. The first kappa shape index (κ1) is 19.0. The summed E-state index contributed by atoms with van der Waals surface area (Å²) in [7, 11) is 0. The smallest absolute Gasteiger partial charge is 0.0809 e. The molecule has 3 aromatic carbocycles. The van der Waals surface area contributed by atoms with Crippen molar-refractivity contribution in [3.8, 4) is 0 Å². The number of halogens is 5. The Morgan fingerprint density at radius 2 is 0.880 bits per heavy atom. The van der Waals surface area contributed by atoms with Gasteiger partial charge in [-0.05, 0) is 36.2 Å². The highest BCUT2D eigenvalue weighted by Gasteiger charge is 2.23. The molecule has 0 saturated heterocycles. The Morgan fingerprint density at radius 1 is 0.520 bits per heavy atom. The monoisotopic (exact) mass is 447 g/mol. The van der Waals surface area contributed by atoms with Crippen molar-refractivity contribution in [3.05, 3.63) is 85.8 Å². The maximum Gasteiger partial charge on any atom is 0.0809 e. The Kier molecular flexibility index (Phi) is 6.32. The number of nitrogens with zero attached hydrogens (tertiary/aromatic N) is 1. The second-order valence-electron chi connectivity index (χ2n) is 4.96. The van der Waals surface area contributed by atoms with Crippen molar-refractivity contribution in [2.75, 3.05) is 4.31 Å². The lowest BCUT2D eigenvalue weighted by Crippen LogP contribution is -2.07. The van der Waals surface area contributed by atoms with Crippen LogP contribution in [0.3, 0.4) is 0 Å². The number of hydrogen-bond donors (Lipinski definition) is 0. The average molecular weight is 450 g/mol. The lowest BCUT2D eigenvalue weighted by Gasteiger charge is -2.25. The molecule has 0 N–H and O–H groups in total. The highest BCUT2D eigenvalue weighted by atomic mass is 35.5. The first-order chi connectivity index (χ1) is 12.0. The van der Waals surface area contributed by atoms with Crippen LogP contribution in [0.2, 0.25) is 25.1 Å². The Morgan fingerprint density at radius 3 is 1.28 bits per heavy atom. The molecule has 1 nitrogen and oxygen atoms in total. The van der Waals surface area contributed by atoms with E-state index >= 15 is 0 Å². The van der Waals surface area contributed by atoms with E-state index in [2.05, 4.69) is 0 Å². The van der Waals surface area contributed by atoms with Gasteiger partial charge >= 0.3 is 0 Å². The summed E-state index contributed by atoms with van der Waals surface area (Å²) in [4.78, 5) is 0.537. The third-order valence-corrected chi connectivity index (χ3v) is 7.03. The number of hydrogen-bond acceptors (Lipinski definition) is 2. The van der Waals surface area contributed by atoms with Gasteiger partial charge in [-0.25, -0.2) is 0 Å². The molecule has 0 saturated carbocycles. The number of benzene rings is 3. The quantitative estimate of drug-likeness (QED) is 0.222. The molecule has 0 aliphatic heterocycles. The van der Waals surface area contributed by atoms with Gasteiger partial charge in [0.05, 0.1) is 41.4 Å². The van der Waals surface area contributed by atoms with E-state index in [1.807, 2.05) is 65.0 Å². The fourth-order valence-corrected chi connectivity index (χ4v) is 4.60. The van der Waals surface area contributed by atoms with Crippen LogP contribution in [0.5, 0.6) is 0 Å². The van der Waals surface area contributed by atoms with Gasteiger partial charge in [0.15, 0.2) is 0 Å². The predicted octanol–water partition coefficient (Wildman–Crippen LogP) is 8.80. The summed E-state index contributed by atoms with van der Waals surface area (Å²) in [6, 6.07) is 19.7. The molecule has 25 heavy (non-hydrogen) atoms. The molecular formula is C18H10Cl5NS. The second kappa shape index (κ2) is 8.30. The highest BCUT2D eigenvalue weighted by molar-refractivity contribution is 8.01. The molecule has 0 aliphatic rings. The van der Waals surface area contributed by atoms with E-state index in [1.54, 1.807) is 0 Å². The van der Waals surface area contributed by atoms with Crippen molar-refractivity contribution in [1.29, 1.82) is 0 Å². The molecule has 3 aromatic rings. The Bertz CT molecular complexity index is 818. The zero-order valence-electron chi connectivity index (χ0n) is 12.5. The summed E-state index contributed by atoms with van der Waals surface area (Å²) < 4.78 is 1.99. The van der Waals surface area contributed by atoms with Gasteiger partial charge in [-0.3, -0.25) is 4.31 Å². The molecule has 0 aromatic heterocycles. The van der Waals surface area contributed by atoms with E-state index in [-0.39, 0.29) is 25.1 Å². The van der Waals surface area contributed by atoms with Crippen molar-refractivity contribution < 1.29 is 0 Å². The summed E-state index contributed by atoms with van der Waals surface area (Å²) in [5.41, 5.74) is 1.90. The van der Waals surface area contributed by atoms with Gasteiger partial charge in [0.25, 0.3) is 0 Å². The molecule has 0 heterocycles. The molecular weight excluding hydrogens is 440 g/mol. The predicted molar refractivity (Wildman–Crippen MR) is 112 cm³/mol. The topological polar surface area (TPSA) is 3.24 Å². The molecule has 0 bridgehead atoms. The van der Waals surface area contributed by atoms with Gasteiger partial charge in [0, 0.05) is 0 Å². The van der Waals surface area contributed by atoms with Crippen LogP contribution >= 0.6 is 70.0 Å². The SMILES string of the molecule is Clc1c(Cl)c(Cl)c(SN(c2ccccc2)c2ccccc2)c(Cl)c1Cl. The maximum atomic E-state index is 6.39. The maximum absolute atomic E-state index is 6.39. The lowest BCUT2D eigenvalue weighted by atomic mass is 10.3. The van der Waals surface area contributed by atoms with Crippen molar-refractivity contribution in [2.45, 2.75) is 4.90 Å². The largest absolute Gasteiger partial charge is 0.280 e. The summed E-state index contributed by atoms with van der Waals surface area (Å²) in [6.45, 7) is 0. The highest BCUT2D eigenvalue weighted by Crippen LogP contribution is 2.50.